The Bertz CT molecular complexity index is 461. The van der Waals surface area contributed by atoms with Crippen molar-refractivity contribution in [2.75, 3.05) is 0 Å². The van der Waals surface area contributed by atoms with Gasteiger partial charge in [-0.1, -0.05) is 6.92 Å². The number of aromatic nitrogens is 1. The predicted molar refractivity (Wildman–Crippen MR) is 63.4 cm³/mol. The van der Waals surface area contributed by atoms with Crippen LogP contribution in [0.25, 0.3) is 0 Å². The maximum absolute atomic E-state index is 11.3. The highest BCUT2D eigenvalue weighted by Crippen LogP contribution is 2.35. The van der Waals surface area contributed by atoms with Crippen LogP contribution in [0.1, 0.15) is 60.0 Å². The molecule has 0 saturated heterocycles. The molecule has 0 radical (unpaired) electrons. The van der Waals surface area contributed by atoms with E-state index in [2.05, 4.69) is 6.92 Å². The minimum Gasteiger partial charge on any atom is -0.477 e. The Kier molecular flexibility index (Phi) is 3.05. The Morgan fingerprint density at radius 2 is 2.12 bits per heavy atom. The molecule has 1 heterocycles. The SMILES string of the molecule is CC(=O)c1cc(C(=O)O)n(C2CCC(C)C2)c1. The van der Waals surface area contributed by atoms with E-state index in [0.717, 1.165) is 19.3 Å². The smallest absolute Gasteiger partial charge is 0.352 e. The zero-order valence-electron chi connectivity index (χ0n) is 10.1. The molecule has 2 atom stereocenters. The molecule has 1 saturated carbocycles. The molecule has 4 nitrogen and oxygen atoms in total. The maximum atomic E-state index is 11.3. The summed E-state index contributed by atoms with van der Waals surface area (Å²) < 4.78 is 1.77. The van der Waals surface area contributed by atoms with Gasteiger partial charge in [-0.25, -0.2) is 4.79 Å². The number of ketones is 1. The van der Waals surface area contributed by atoms with Gasteiger partial charge in [0.25, 0.3) is 0 Å². The van der Waals surface area contributed by atoms with Crippen LogP contribution >= 0.6 is 0 Å². The van der Waals surface area contributed by atoms with E-state index in [1.807, 2.05) is 0 Å². The number of carboxylic acid groups (broad SMARTS) is 1. The molecule has 0 aromatic carbocycles. The number of carbonyl (C=O) groups excluding carboxylic acids is 1. The average Bonchev–Trinajstić information content (AvgIpc) is 2.82. The topological polar surface area (TPSA) is 59.3 Å². The first kappa shape index (κ1) is 11.9. The first-order chi connectivity index (χ1) is 7.99. The zero-order valence-corrected chi connectivity index (χ0v) is 10.1. The first-order valence-corrected chi connectivity index (χ1v) is 5.95. The van der Waals surface area contributed by atoms with Gasteiger partial charge in [0.1, 0.15) is 5.69 Å². The van der Waals surface area contributed by atoms with Gasteiger partial charge in [0.05, 0.1) is 0 Å². The van der Waals surface area contributed by atoms with Crippen molar-refractivity contribution in [3.63, 3.8) is 0 Å². The van der Waals surface area contributed by atoms with E-state index in [1.54, 1.807) is 10.8 Å². The number of carbonyl (C=O) groups is 2. The molecule has 92 valence electrons. The van der Waals surface area contributed by atoms with Crippen molar-refractivity contribution in [1.29, 1.82) is 0 Å². The van der Waals surface area contributed by atoms with E-state index >= 15 is 0 Å². The van der Waals surface area contributed by atoms with Crippen molar-refractivity contribution in [1.82, 2.24) is 4.57 Å². The van der Waals surface area contributed by atoms with Crippen molar-refractivity contribution in [3.8, 4) is 0 Å². The molecule has 1 fully saturated rings. The molecule has 1 aromatic rings. The van der Waals surface area contributed by atoms with Crippen LogP contribution in [0.15, 0.2) is 12.3 Å². The summed E-state index contributed by atoms with van der Waals surface area (Å²) in [5.74, 6) is -0.417. The van der Waals surface area contributed by atoms with Gasteiger partial charge >= 0.3 is 5.97 Å². The van der Waals surface area contributed by atoms with E-state index in [0.29, 0.717) is 11.5 Å². The Morgan fingerprint density at radius 3 is 2.59 bits per heavy atom. The Labute approximate surface area is 100 Å². The number of rotatable bonds is 3. The monoisotopic (exact) mass is 235 g/mol. The van der Waals surface area contributed by atoms with E-state index < -0.39 is 5.97 Å². The highest BCUT2D eigenvalue weighted by molar-refractivity contribution is 5.97. The van der Waals surface area contributed by atoms with Gasteiger partial charge < -0.3 is 9.67 Å². The van der Waals surface area contributed by atoms with Crippen molar-refractivity contribution in [2.45, 2.75) is 39.2 Å². The largest absolute Gasteiger partial charge is 0.477 e. The number of nitrogens with zero attached hydrogens (tertiary/aromatic N) is 1. The summed E-state index contributed by atoms with van der Waals surface area (Å²) in [7, 11) is 0. The van der Waals surface area contributed by atoms with Gasteiger partial charge in [0.2, 0.25) is 0 Å². The number of hydrogen-bond acceptors (Lipinski definition) is 2. The number of aromatic carboxylic acids is 1. The third-order valence-corrected chi connectivity index (χ3v) is 3.53. The van der Waals surface area contributed by atoms with Gasteiger partial charge in [-0.15, -0.1) is 0 Å². The molecule has 0 spiro atoms. The van der Waals surface area contributed by atoms with Crippen LogP contribution in [0.5, 0.6) is 0 Å². The molecule has 4 heteroatoms. The second kappa shape index (κ2) is 4.35. The number of carboxylic acids is 1. The minimum absolute atomic E-state index is 0.0858. The van der Waals surface area contributed by atoms with E-state index in [-0.39, 0.29) is 17.5 Å². The fourth-order valence-corrected chi connectivity index (χ4v) is 2.58. The summed E-state index contributed by atoms with van der Waals surface area (Å²) >= 11 is 0. The molecule has 0 amide bonds. The molecule has 1 aliphatic rings. The fourth-order valence-electron chi connectivity index (χ4n) is 2.58. The highest BCUT2D eigenvalue weighted by atomic mass is 16.4. The average molecular weight is 235 g/mol. The lowest BCUT2D eigenvalue weighted by Crippen LogP contribution is -2.12. The Balaban J connectivity index is 2.37. The van der Waals surface area contributed by atoms with Gasteiger partial charge in [-0.05, 0) is 38.2 Å². The maximum Gasteiger partial charge on any atom is 0.352 e. The van der Waals surface area contributed by atoms with Crippen LogP contribution in [-0.2, 0) is 0 Å². The number of Topliss-reactive ketones (excluding diaryl/α,β-unsaturated/α-hetero) is 1. The van der Waals surface area contributed by atoms with Gasteiger partial charge in [0, 0.05) is 17.8 Å². The molecule has 2 rings (SSSR count). The van der Waals surface area contributed by atoms with Crippen molar-refractivity contribution in [3.05, 3.63) is 23.5 Å². The molecule has 2 unspecified atom stereocenters. The second-order valence-electron chi connectivity index (χ2n) is 4.95. The van der Waals surface area contributed by atoms with Crippen LogP contribution in [0, 0.1) is 5.92 Å². The summed E-state index contributed by atoms with van der Waals surface area (Å²) in [6.07, 6.45) is 4.80. The van der Waals surface area contributed by atoms with E-state index in [1.165, 1.54) is 13.0 Å². The summed E-state index contributed by atoms with van der Waals surface area (Å²) in [4.78, 5) is 22.5. The third kappa shape index (κ3) is 2.25. The Morgan fingerprint density at radius 1 is 1.41 bits per heavy atom. The normalized spacial score (nSPS) is 23.9. The quantitative estimate of drug-likeness (QED) is 0.819. The van der Waals surface area contributed by atoms with Gasteiger partial charge in [0.15, 0.2) is 5.78 Å². The summed E-state index contributed by atoms with van der Waals surface area (Å²) in [5, 5.41) is 9.15. The molecule has 1 aromatic heterocycles. The van der Waals surface area contributed by atoms with E-state index in [9.17, 15) is 9.59 Å². The molecule has 1 aliphatic carbocycles. The molecule has 0 bridgehead atoms. The van der Waals surface area contributed by atoms with Crippen molar-refractivity contribution >= 4 is 11.8 Å². The molecular weight excluding hydrogens is 218 g/mol. The van der Waals surface area contributed by atoms with Crippen LogP contribution < -0.4 is 0 Å². The molecule has 1 N–H and O–H groups in total. The van der Waals surface area contributed by atoms with Crippen molar-refractivity contribution in [2.24, 2.45) is 5.92 Å². The summed E-state index contributed by atoms with van der Waals surface area (Å²) in [6.45, 7) is 3.64. The highest BCUT2D eigenvalue weighted by Gasteiger charge is 2.26. The van der Waals surface area contributed by atoms with Crippen LogP contribution in [-0.4, -0.2) is 21.4 Å². The second-order valence-corrected chi connectivity index (χ2v) is 4.95. The zero-order chi connectivity index (χ0) is 12.6. The van der Waals surface area contributed by atoms with Gasteiger partial charge in [-0.2, -0.15) is 0 Å². The summed E-state index contributed by atoms with van der Waals surface area (Å²) in [5.41, 5.74) is 0.719. The molecule has 17 heavy (non-hydrogen) atoms. The van der Waals surface area contributed by atoms with E-state index in [4.69, 9.17) is 5.11 Å². The number of hydrogen-bond donors (Lipinski definition) is 1. The van der Waals surface area contributed by atoms with Crippen LogP contribution in [0.3, 0.4) is 0 Å². The fraction of sp³-hybridized carbons (Fsp3) is 0.538. The van der Waals surface area contributed by atoms with Crippen molar-refractivity contribution < 1.29 is 14.7 Å². The van der Waals surface area contributed by atoms with Crippen LogP contribution in [0.2, 0.25) is 0 Å². The van der Waals surface area contributed by atoms with Crippen LogP contribution in [0.4, 0.5) is 0 Å². The molecule has 0 aliphatic heterocycles. The predicted octanol–water partition coefficient (Wildman–Crippen LogP) is 2.75. The molecular formula is C13H17NO3. The third-order valence-electron chi connectivity index (χ3n) is 3.53. The lowest BCUT2D eigenvalue weighted by molar-refractivity contribution is 0.0682. The van der Waals surface area contributed by atoms with Gasteiger partial charge in [-0.3, -0.25) is 4.79 Å². The Hall–Kier alpha value is -1.58. The summed E-state index contributed by atoms with van der Waals surface area (Å²) in [6, 6.07) is 1.71. The standard InChI is InChI=1S/C13H17NO3/c1-8-3-4-11(5-8)14-7-10(9(2)15)6-12(14)13(16)17/h6-8,11H,3-5H2,1-2H3,(H,16,17). The lowest BCUT2D eigenvalue weighted by atomic mass is 10.1. The lowest BCUT2D eigenvalue weighted by Gasteiger charge is -2.14. The minimum atomic E-state index is -0.961. The first-order valence-electron chi connectivity index (χ1n) is 5.95.